The van der Waals surface area contributed by atoms with Crippen LogP contribution in [0.25, 0.3) is 22.4 Å². The maximum absolute atomic E-state index is 11.9. The molecule has 3 aromatic rings. The Morgan fingerprint density at radius 2 is 1.75 bits per heavy atom. The molecule has 0 spiro atoms. The Balaban J connectivity index is 2.38. The van der Waals surface area contributed by atoms with E-state index >= 15 is 0 Å². The van der Waals surface area contributed by atoms with Crippen molar-refractivity contribution in [3.8, 4) is 22.4 Å². The van der Waals surface area contributed by atoms with Gasteiger partial charge in [-0.3, -0.25) is 14.9 Å². The van der Waals surface area contributed by atoms with Gasteiger partial charge in [0.15, 0.2) is 0 Å². The SMILES string of the molecule is NC(=O)c1cccc(-c2ccccc2)c1-c1ncccc1[N+](=O)[O-]. The van der Waals surface area contributed by atoms with Gasteiger partial charge < -0.3 is 5.73 Å². The summed E-state index contributed by atoms with van der Waals surface area (Å²) >= 11 is 0. The van der Waals surface area contributed by atoms with Crippen LogP contribution in [0.15, 0.2) is 66.9 Å². The maximum Gasteiger partial charge on any atom is 0.295 e. The van der Waals surface area contributed by atoms with Crippen LogP contribution in [0.5, 0.6) is 0 Å². The van der Waals surface area contributed by atoms with Crippen LogP contribution in [0, 0.1) is 10.1 Å². The van der Waals surface area contributed by atoms with E-state index in [1.807, 2.05) is 30.3 Å². The van der Waals surface area contributed by atoms with Gasteiger partial charge in [0.2, 0.25) is 5.91 Å². The number of benzene rings is 2. The minimum atomic E-state index is -0.664. The van der Waals surface area contributed by atoms with E-state index in [1.165, 1.54) is 18.3 Å². The van der Waals surface area contributed by atoms with E-state index in [4.69, 9.17) is 5.73 Å². The fourth-order valence-corrected chi connectivity index (χ4v) is 2.61. The number of amides is 1. The van der Waals surface area contributed by atoms with Crippen LogP contribution < -0.4 is 5.73 Å². The average Bonchev–Trinajstić information content (AvgIpc) is 2.61. The summed E-state index contributed by atoms with van der Waals surface area (Å²) in [6, 6.07) is 17.1. The number of nitrogens with two attached hydrogens (primary N) is 1. The second-order valence-corrected chi connectivity index (χ2v) is 5.09. The van der Waals surface area contributed by atoms with E-state index in [-0.39, 0.29) is 16.9 Å². The highest BCUT2D eigenvalue weighted by atomic mass is 16.6. The third kappa shape index (κ3) is 2.72. The molecule has 0 saturated heterocycles. The highest BCUT2D eigenvalue weighted by Gasteiger charge is 2.24. The lowest BCUT2D eigenvalue weighted by Gasteiger charge is -2.13. The topological polar surface area (TPSA) is 99.1 Å². The smallest absolute Gasteiger partial charge is 0.295 e. The second-order valence-electron chi connectivity index (χ2n) is 5.09. The Bertz CT molecular complexity index is 924. The molecular weight excluding hydrogens is 306 g/mol. The molecule has 0 aliphatic heterocycles. The number of rotatable bonds is 4. The minimum absolute atomic E-state index is 0.121. The molecule has 118 valence electrons. The van der Waals surface area contributed by atoms with E-state index in [2.05, 4.69) is 4.98 Å². The van der Waals surface area contributed by atoms with Crippen molar-refractivity contribution in [1.82, 2.24) is 4.98 Å². The van der Waals surface area contributed by atoms with Crippen molar-refractivity contribution in [2.45, 2.75) is 0 Å². The van der Waals surface area contributed by atoms with Crippen molar-refractivity contribution in [2.75, 3.05) is 0 Å². The van der Waals surface area contributed by atoms with Gasteiger partial charge in [-0.2, -0.15) is 0 Å². The molecule has 0 unspecified atom stereocenters. The van der Waals surface area contributed by atoms with Crippen molar-refractivity contribution in [2.24, 2.45) is 5.73 Å². The van der Waals surface area contributed by atoms with E-state index in [0.717, 1.165) is 5.56 Å². The molecule has 0 bridgehead atoms. The van der Waals surface area contributed by atoms with Crippen LogP contribution in [0.1, 0.15) is 10.4 Å². The zero-order valence-electron chi connectivity index (χ0n) is 12.5. The first kappa shape index (κ1) is 15.4. The number of carbonyl (C=O) groups excluding carboxylic acids is 1. The Hall–Kier alpha value is -3.54. The van der Waals surface area contributed by atoms with Crippen LogP contribution in [-0.2, 0) is 0 Å². The molecule has 0 saturated carbocycles. The molecule has 0 radical (unpaired) electrons. The molecule has 24 heavy (non-hydrogen) atoms. The molecule has 1 heterocycles. The number of primary amides is 1. The molecule has 0 aliphatic rings. The minimum Gasteiger partial charge on any atom is -0.366 e. The summed E-state index contributed by atoms with van der Waals surface area (Å²) in [4.78, 5) is 26.9. The molecule has 1 aromatic heterocycles. The van der Waals surface area contributed by atoms with Gasteiger partial charge in [-0.1, -0.05) is 42.5 Å². The van der Waals surface area contributed by atoms with Crippen LogP contribution >= 0.6 is 0 Å². The molecular formula is C18H13N3O3. The summed E-state index contributed by atoms with van der Waals surface area (Å²) in [6.45, 7) is 0. The fourth-order valence-electron chi connectivity index (χ4n) is 2.61. The highest BCUT2D eigenvalue weighted by molar-refractivity contribution is 6.04. The number of aromatic nitrogens is 1. The van der Waals surface area contributed by atoms with Crippen molar-refractivity contribution >= 4 is 11.6 Å². The lowest BCUT2D eigenvalue weighted by molar-refractivity contribution is -0.384. The van der Waals surface area contributed by atoms with Gasteiger partial charge in [-0.25, -0.2) is 4.98 Å². The lowest BCUT2D eigenvalue weighted by Crippen LogP contribution is -2.13. The number of hydrogen-bond acceptors (Lipinski definition) is 4. The number of carbonyl (C=O) groups is 1. The van der Waals surface area contributed by atoms with E-state index in [0.29, 0.717) is 11.1 Å². The molecule has 2 N–H and O–H groups in total. The van der Waals surface area contributed by atoms with E-state index in [9.17, 15) is 14.9 Å². The first-order valence-electron chi connectivity index (χ1n) is 7.17. The van der Waals surface area contributed by atoms with Gasteiger partial charge in [-0.15, -0.1) is 0 Å². The fraction of sp³-hybridized carbons (Fsp3) is 0. The van der Waals surface area contributed by atoms with Crippen LogP contribution in [0.3, 0.4) is 0 Å². The normalized spacial score (nSPS) is 10.3. The highest BCUT2D eigenvalue weighted by Crippen LogP contribution is 2.37. The lowest BCUT2D eigenvalue weighted by atomic mass is 9.92. The van der Waals surface area contributed by atoms with Crippen molar-refractivity contribution in [3.63, 3.8) is 0 Å². The van der Waals surface area contributed by atoms with Crippen LogP contribution in [-0.4, -0.2) is 15.8 Å². The Kier molecular flexibility index (Phi) is 4.03. The number of pyridine rings is 1. The van der Waals surface area contributed by atoms with Gasteiger partial charge in [0.05, 0.1) is 4.92 Å². The Morgan fingerprint density at radius 3 is 2.42 bits per heavy atom. The van der Waals surface area contributed by atoms with Crippen molar-refractivity contribution in [3.05, 3.63) is 82.5 Å². The van der Waals surface area contributed by atoms with Gasteiger partial charge in [0.25, 0.3) is 5.69 Å². The third-order valence-electron chi connectivity index (χ3n) is 3.63. The predicted octanol–water partition coefficient (Wildman–Crippen LogP) is 3.42. The largest absolute Gasteiger partial charge is 0.366 e. The van der Waals surface area contributed by atoms with Gasteiger partial charge in [0, 0.05) is 23.4 Å². The second kappa shape index (κ2) is 6.29. The van der Waals surface area contributed by atoms with E-state index < -0.39 is 10.8 Å². The molecule has 0 atom stereocenters. The zero-order chi connectivity index (χ0) is 17.1. The van der Waals surface area contributed by atoms with Crippen LogP contribution in [0.2, 0.25) is 0 Å². The number of nitro groups is 1. The molecule has 6 heteroatoms. The summed E-state index contributed by atoms with van der Waals surface area (Å²) in [5.41, 5.74) is 7.47. The van der Waals surface area contributed by atoms with Crippen molar-refractivity contribution in [1.29, 1.82) is 0 Å². The molecule has 2 aromatic carbocycles. The number of nitrogens with zero attached hydrogens (tertiary/aromatic N) is 2. The van der Waals surface area contributed by atoms with Gasteiger partial charge in [-0.05, 0) is 23.3 Å². The predicted molar refractivity (Wildman–Crippen MR) is 90.3 cm³/mol. The molecule has 0 aliphatic carbocycles. The summed E-state index contributed by atoms with van der Waals surface area (Å²) in [6.07, 6.45) is 1.45. The van der Waals surface area contributed by atoms with Crippen LogP contribution in [0.4, 0.5) is 5.69 Å². The first-order chi connectivity index (χ1) is 11.6. The third-order valence-corrected chi connectivity index (χ3v) is 3.63. The monoisotopic (exact) mass is 319 g/mol. The maximum atomic E-state index is 11.9. The zero-order valence-corrected chi connectivity index (χ0v) is 12.5. The van der Waals surface area contributed by atoms with Crippen molar-refractivity contribution < 1.29 is 9.72 Å². The summed E-state index contributed by atoms with van der Waals surface area (Å²) in [5.74, 6) is -0.664. The summed E-state index contributed by atoms with van der Waals surface area (Å²) in [5, 5.41) is 11.4. The molecule has 1 amide bonds. The van der Waals surface area contributed by atoms with E-state index in [1.54, 1.807) is 18.2 Å². The summed E-state index contributed by atoms with van der Waals surface area (Å²) in [7, 11) is 0. The van der Waals surface area contributed by atoms with Gasteiger partial charge in [0.1, 0.15) is 5.69 Å². The molecule has 6 nitrogen and oxygen atoms in total. The average molecular weight is 319 g/mol. The Morgan fingerprint density at radius 1 is 1.00 bits per heavy atom. The standard InChI is InChI=1S/C18H13N3O3/c19-18(22)14-9-4-8-13(12-6-2-1-3-7-12)16(14)17-15(21(23)24)10-5-11-20-17/h1-11H,(H2,19,22). The Labute approximate surface area is 137 Å². The van der Waals surface area contributed by atoms with Gasteiger partial charge >= 0.3 is 0 Å². The number of hydrogen-bond donors (Lipinski definition) is 1. The first-order valence-corrected chi connectivity index (χ1v) is 7.17. The quantitative estimate of drug-likeness (QED) is 0.588. The molecule has 3 rings (SSSR count). The summed E-state index contributed by atoms with van der Waals surface area (Å²) < 4.78 is 0. The molecule has 0 fully saturated rings.